The van der Waals surface area contributed by atoms with Crippen LogP contribution in [0.3, 0.4) is 0 Å². The average molecular weight is 285 g/mol. The smallest absolute Gasteiger partial charge is 0.341 e. The number of ketones is 1. The zero-order chi connectivity index (χ0) is 14.3. The molecule has 19 heavy (non-hydrogen) atoms. The molecule has 1 aromatic rings. The summed E-state index contributed by atoms with van der Waals surface area (Å²) in [7, 11) is 0. The van der Waals surface area contributed by atoms with E-state index in [4.69, 9.17) is 21.1 Å². The third-order valence-corrected chi connectivity index (χ3v) is 2.61. The highest BCUT2D eigenvalue weighted by Crippen LogP contribution is 2.22. The Hall–Kier alpha value is -1.55. The molecule has 0 heterocycles. The maximum atomic E-state index is 11.8. The molecule has 0 radical (unpaired) electrons. The summed E-state index contributed by atoms with van der Waals surface area (Å²) in [6.07, 6.45) is 0.256. The molecule has 1 rings (SSSR count). The highest BCUT2D eigenvalue weighted by atomic mass is 35.5. The molecule has 0 aromatic heterocycles. The van der Waals surface area contributed by atoms with Crippen molar-refractivity contribution in [1.29, 1.82) is 0 Å². The second-order valence-corrected chi connectivity index (χ2v) is 4.10. The number of halogens is 1. The van der Waals surface area contributed by atoms with Crippen LogP contribution in [0.4, 0.5) is 0 Å². The number of hydrogen-bond donors (Lipinski definition) is 0. The first kappa shape index (κ1) is 15.5. The topological polar surface area (TPSA) is 52.6 Å². The normalized spacial score (nSPS) is 10.1. The molecule has 0 unspecified atom stereocenters. The van der Waals surface area contributed by atoms with Crippen LogP contribution in [0.5, 0.6) is 5.75 Å². The molecule has 104 valence electrons. The lowest BCUT2D eigenvalue weighted by atomic mass is 10.1. The first-order valence-electron chi connectivity index (χ1n) is 6.17. The Balaban J connectivity index is 3.06. The van der Waals surface area contributed by atoms with Gasteiger partial charge in [0.1, 0.15) is 11.3 Å². The quantitative estimate of drug-likeness (QED) is 0.439. The monoisotopic (exact) mass is 284 g/mol. The second kappa shape index (κ2) is 7.79. The average Bonchev–Trinajstić information content (AvgIpc) is 2.39. The predicted octanol–water partition coefficient (Wildman–Crippen LogP) is 3.07. The summed E-state index contributed by atoms with van der Waals surface area (Å²) in [5.41, 5.74) is 0.809. The predicted molar refractivity (Wildman–Crippen MR) is 73.2 cm³/mol. The zero-order valence-corrected chi connectivity index (χ0v) is 11.8. The molecule has 0 atom stereocenters. The van der Waals surface area contributed by atoms with E-state index in [1.165, 1.54) is 0 Å². The van der Waals surface area contributed by atoms with Gasteiger partial charge >= 0.3 is 5.97 Å². The number of carbonyl (C=O) groups is 2. The van der Waals surface area contributed by atoms with Gasteiger partial charge < -0.3 is 9.47 Å². The molecule has 0 N–H and O–H groups in total. The summed E-state index contributed by atoms with van der Waals surface area (Å²) in [6, 6.07) is 4.69. The molecule has 5 heteroatoms. The van der Waals surface area contributed by atoms with Crippen LogP contribution in [0, 0.1) is 0 Å². The molecular formula is C14H17ClO4. The van der Waals surface area contributed by atoms with E-state index in [0.717, 1.165) is 0 Å². The fourth-order valence-corrected chi connectivity index (χ4v) is 1.75. The molecule has 0 aliphatic carbocycles. The van der Waals surface area contributed by atoms with E-state index >= 15 is 0 Å². The fraction of sp³-hybridized carbons (Fsp3) is 0.429. The van der Waals surface area contributed by atoms with Crippen LogP contribution in [0.15, 0.2) is 18.2 Å². The highest BCUT2D eigenvalue weighted by molar-refractivity contribution is 6.19. The van der Waals surface area contributed by atoms with E-state index in [1.807, 2.05) is 6.92 Å². The summed E-state index contributed by atoms with van der Waals surface area (Å²) in [6.45, 7) is 4.23. The summed E-state index contributed by atoms with van der Waals surface area (Å²) in [4.78, 5) is 23.5. The minimum Gasteiger partial charge on any atom is -0.493 e. The Labute approximate surface area is 117 Å². The molecule has 0 aliphatic rings. The molecule has 0 bridgehead atoms. The largest absolute Gasteiger partial charge is 0.493 e. The van der Waals surface area contributed by atoms with Crippen molar-refractivity contribution in [3.05, 3.63) is 29.3 Å². The van der Waals surface area contributed by atoms with E-state index in [9.17, 15) is 9.59 Å². The number of rotatable bonds is 7. The summed E-state index contributed by atoms with van der Waals surface area (Å²) >= 11 is 5.54. The Morgan fingerprint density at radius 2 is 1.95 bits per heavy atom. The molecular weight excluding hydrogens is 268 g/mol. The van der Waals surface area contributed by atoms with Gasteiger partial charge in [-0.25, -0.2) is 4.79 Å². The van der Waals surface area contributed by atoms with E-state index < -0.39 is 5.97 Å². The summed E-state index contributed by atoms with van der Waals surface area (Å²) < 4.78 is 10.3. The van der Waals surface area contributed by atoms with Crippen LogP contribution < -0.4 is 4.74 Å². The van der Waals surface area contributed by atoms with Crippen LogP contribution in [0.25, 0.3) is 0 Å². The molecule has 4 nitrogen and oxygen atoms in total. The van der Waals surface area contributed by atoms with Crippen LogP contribution in [-0.2, 0) is 4.74 Å². The lowest BCUT2D eigenvalue weighted by Gasteiger charge is -2.11. The third-order valence-electron chi connectivity index (χ3n) is 2.42. The zero-order valence-electron chi connectivity index (χ0n) is 11.1. The van der Waals surface area contributed by atoms with Crippen molar-refractivity contribution in [2.24, 2.45) is 0 Å². The number of Topliss-reactive ketones (excluding diaryl/α,β-unsaturated/α-hetero) is 1. The fourth-order valence-electron chi connectivity index (χ4n) is 1.58. The van der Waals surface area contributed by atoms with Gasteiger partial charge in [0.2, 0.25) is 0 Å². The highest BCUT2D eigenvalue weighted by Gasteiger charge is 2.16. The molecule has 0 saturated carbocycles. The standard InChI is InChI=1S/C14H17ClO4/c1-3-18-13-9-10(12(16)7-8-15)5-6-11(13)14(17)19-4-2/h5-6,9H,3-4,7-8H2,1-2H3. The molecule has 0 amide bonds. The van der Waals surface area contributed by atoms with E-state index in [2.05, 4.69) is 0 Å². The SMILES string of the molecule is CCOC(=O)c1ccc(C(=O)CCCl)cc1OCC. The van der Waals surface area contributed by atoms with E-state index in [-0.39, 0.29) is 24.7 Å². The van der Waals surface area contributed by atoms with Gasteiger partial charge in [-0.1, -0.05) is 6.07 Å². The number of hydrogen-bond acceptors (Lipinski definition) is 4. The van der Waals surface area contributed by atoms with Crippen LogP contribution >= 0.6 is 11.6 Å². The lowest BCUT2D eigenvalue weighted by Crippen LogP contribution is -2.09. The lowest BCUT2D eigenvalue weighted by molar-refractivity contribution is 0.0521. The van der Waals surface area contributed by atoms with Gasteiger partial charge in [0.05, 0.1) is 13.2 Å². The minimum absolute atomic E-state index is 0.0774. The number of benzene rings is 1. The number of alkyl halides is 1. The van der Waals surface area contributed by atoms with Crippen LogP contribution in [-0.4, -0.2) is 30.8 Å². The van der Waals surface area contributed by atoms with E-state index in [0.29, 0.717) is 23.5 Å². The molecule has 0 saturated heterocycles. The van der Waals surface area contributed by atoms with Gasteiger partial charge in [0.25, 0.3) is 0 Å². The Morgan fingerprint density at radius 3 is 2.53 bits per heavy atom. The van der Waals surface area contributed by atoms with Gasteiger partial charge in [0, 0.05) is 17.9 Å². The first-order valence-corrected chi connectivity index (χ1v) is 6.70. The second-order valence-electron chi connectivity index (χ2n) is 3.73. The van der Waals surface area contributed by atoms with Crippen molar-refractivity contribution in [3.63, 3.8) is 0 Å². The molecule has 1 aromatic carbocycles. The van der Waals surface area contributed by atoms with Gasteiger partial charge in [-0.05, 0) is 26.0 Å². The number of esters is 1. The molecule has 0 aliphatic heterocycles. The maximum Gasteiger partial charge on any atom is 0.341 e. The summed E-state index contributed by atoms with van der Waals surface area (Å²) in [5, 5.41) is 0. The van der Waals surface area contributed by atoms with Gasteiger partial charge in [-0.2, -0.15) is 0 Å². The Kier molecular flexibility index (Phi) is 6.36. The van der Waals surface area contributed by atoms with Crippen molar-refractivity contribution in [2.45, 2.75) is 20.3 Å². The molecule has 0 spiro atoms. The number of carbonyl (C=O) groups excluding carboxylic acids is 2. The first-order chi connectivity index (χ1) is 9.13. The van der Waals surface area contributed by atoms with Crippen molar-refractivity contribution in [2.75, 3.05) is 19.1 Å². The number of ether oxygens (including phenoxy) is 2. The van der Waals surface area contributed by atoms with Crippen molar-refractivity contribution < 1.29 is 19.1 Å². The van der Waals surface area contributed by atoms with Crippen LogP contribution in [0.1, 0.15) is 41.0 Å². The van der Waals surface area contributed by atoms with Gasteiger partial charge in [0.15, 0.2) is 5.78 Å². The van der Waals surface area contributed by atoms with Gasteiger partial charge in [-0.3, -0.25) is 4.79 Å². The van der Waals surface area contributed by atoms with E-state index in [1.54, 1.807) is 25.1 Å². The third kappa shape index (κ3) is 4.24. The molecule has 0 fully saturated rings. The Morgan fingerprint density at radius 1 is 1.21 bits per heavy atom. The van der Waals surface area contributed by atoms with Gasteiger partial charge in [-0.15, -0.1) is 11.6 Å². The Bertz CT molecular complexity index is 457. The van der Waals surface area contributed by atoms with Crippen molar-refractivity contribution >= 4 is 23.4 Å². The van der Waals surface area contributed by atoms with Crippen molar-refractivity contribution in [3.8, 4) is 5.75 Å². The minimum atomic E-state index is -0.456. The van der Waals surface area contributed by atoms with Crippen molar-refractivity contribution in [1.82, 2.24) is 0 Å². The summed E-state index contributed by atoms with van der Waals surface area (Å²) in [5.74, 6) is 0.0950. The van der Waals surface area contributed by atoms with Crippen LogP contribution in [0.2, 0.25) is 0 Å². The maximum absolute atomic E-state index is 11.8.